The van der Waals surface area contributed by atoms with Crippen LogP contribution in [-0.4, -0.2) is 43.2 Å². The fourth-order valence-electron chi connectivity index (χ4n) is 2.70. The summed E-state index contributed by atoms with van der Waals surface area (Å²) in [6.07, 6.45) is 0. The molecule has 1 aromatic rings. The summed E-state index contributed by atoms with van der Waals surface area (Å²) in [6.45, 7) is 2.57. The van der Waals surface area contributed by atoms with E-state index in [2.05, 4.69) is 5.32 Å². The van der Waals surface area contributed by atoms with Crippen LogP contribution in [-0.2, 0) is 0 Å². The molecule has 2 amide bonds. The van der Waals surface area contributed by atoms with E-state index in [9.17, 15) is 9.18 Å². The Labute approximate surface area is 110 Å². The molecule has 0 radical (unpaired) electrons. The van der Waals surface area contributed by atoms with Crippen LogP contribution in [0.15, 0.2) is 18.2 Å². The van der Waals surface area contributed by atoms with E-state index < -0.39 is 5.82 Å². The van der Waals surface area contributed by atoms with Crippen molar-refractivity contribution >= 4 is 11.7 Å². The van der Waals surface area contributed by atoms with Gasteiger partial charge in [0, 0.05) is 26.2 Å². The zero-order chi connectivity index (χ0) is 13.4. The van der Waals surface area contributed by atoms with Crippen LogP contribution in [0.25, 0.3) is 0 Å². The Balaban J connectivity index is 1.85. The SMILES string of the molecule is N#Cc1cc(F)ccc1N1CCN2C(=O)NCC2C1. The molecule has 1 N–H and O–H groups in total. The molecular formula is C13H13FN4O. The number of urea groups is 1. The predicted molar refractivity (Wildman–Crippen MR) is 67.2 cm³/mol. The average molecular weight is 260 g/mol. The first-order valence-corrected chi connectivity index (χ1v) is 6.18. The van der Waals surface area contributed by atoms with E-state index in [1.54, 1.807) is 6.07 Å². The molecule has 2 fully saturated rings. The first-order valence-electron chi connectivity index (χ1n) is 6.18. The van der Waals surface area contributed by atoms with Crippen molar-refractivity contribution in [3.8, 4) is 6.07 Å². The van der Waals surface area contributed by atoms with Crippen molar-refractivity contribution in [1.29, 1.82) is 5.26 Å². The topological polar surface area (TPSA) is 59.4 Å². The third-order valence-corrected chi connectivity index (χ3v) is 3.65. The van der Waals surface area contributed by atoms with Crippen molar-refractivity contribution in [3.05, 3.63) is 29.6 Å². The van der Waals surface area contributed by atoms with Gasteiger partial charge in [-0.1, -0.05) is 0 Å². The first kappa shape index (κ1) is 11.8. The quantitative estimate of drug-likeness (QED) is 0.816. The number of carbonyl (C=O) groups is 1. The Morgan fingerprint density at radius 3 is 3.05 bits per heavy atom. The van der Waals surface area contributed by atoms with Crippen LogP contribution < -0.4 is 10.2 Å². The molecule has 2 aliphatic rings. The number of benzene rings is 1. The highest BCUT2D eigenvalue weighted by Gasteiger charge is 2.35. The maximum Gasteiger partial charge on any atom is 0.317 e. The van der Waals surface area contributed by atoms with E-state index >= 15 is 0 Å². The number of anilines is 1. The van der Waals surface area contributed by atoms with Gasteiger partial charge in [0.05, 0.1) is 17.3 Å². The predicted octanol–water partition coefficient (Wildman–Crippen LogP) is 0.911. The van der Waals surface area contributed by atoms with Gasteiger partial charge in [-0.25, -0.2) is 9.18 Å². The summed E-state index contributed by atoms with van der Waals surface area (Å²) >= 11 is 0. The standard InChI is InChI=1S/C13H13FN4O/c14-10-1-2-12(9(5-10)6-15)17-3-4-18-11(8-17)7-16-13(18)19/h1-2,5,11H,3-4,7-8H2,(H,16,19). The van der Waals surface area contributed by atoms with E-state index in [-0.39, 0.29) is 12.1 Å². The summed E-state index contributed by atoms with van der Waals surface area (Å²) in [7, 11) is 0. The van der Waals surface area contributed by atoms with E-state index in [0.717, 1.165) is 5.69 Å². The van der Waals surface area contributed by atoms with Crippen molar-refractivity contribution < 1.29 is 9.18 Å². The largest absolute Gasteiger partial charge is 0.367 e. The second-order valence-corrected chi connectivity index (χ2v) is 4.75. The van der Waals surface area contributed by atoms with Gasteiger partial charge in [-0.15, -0.1) is 0 Å². The van der Waals surface area contributed by atoms with Gasteiger partial charge in [-0.05, 0) is 18.2 Å². The molecule has 0 bridgehead atoms. The van der Waals surface area contributed by atoms with Crippen LogP contribution in [0.5, 0.6) is 0 Å². The Bertz CT molecular complexity index is 568. The van der Waals surface area contributed by atoms with Gasteiger partial charge in [-0.3, -0.25) is 0 Å². The molecule has 5 nitrogen and oxygen atoms in total. The number of nitrogens with zero attached hydrogens (tertiary/aromatic N) is 3. The van der Waals surface area contributed by atoms with Gasteiger partial charge in [0.15, 0.2) is 0 Å². The highest BCUT2D eigenvalue weighted by Crippen LogP contribution is 2.25. The summed E-state index contributed by atoms with van der Waals surface area (Å²) in [6, 6.07) is 6.37. The lowest BCUT2D eigenvalue weighted by atomic mass is 10.1. The van der Waals surface area contributed by atoms with Gasteiger partial charge in [0.1, 0.15) is 11.9 Å². The molecule has 2 heterocycles. The van der Waals surface area contributed by atoms with Crippen LogP contribution >= 0.6 is 0 Å². The van der Waals surface area contributed by atoms with Gasteiger partial charge < -0.3 is 15.1 Å². The number of piperazine rings is 1. The third kappa shape index (κ3) is 1.97. The van der Waals surface area contributed by atoms with Crippen molar-refractivity contribution in [1.82, 2.24) is 10.2 Å². The fraction of sp³-hybridized carbons (Fsp3) is 0.385. The number of carbonyl (C=O) groups excluding carboxylic acids is 1. The Morgan fingerprint density at radius 2 is 2.26 bits per heavy atom. The summed E-state index contributed by atoms with van der Waals surface area (Å²) < 4.78 is 13.1. The number of hydrogen-bond donors (Lipinski definition) is 1. The van der Waals surface area contributed by atoms with E-state index in [1.807, 2.05) is 15.9 Å². The van der Waals surface area contributed by atoms with Crippen LogP contribution in [0.3, 0.4) is 0 Å². The number of halogens is 1. The van der Waals surface area contributed by atoms with Crippen molar-refractivity contribution in [2.24, 2.45) is 0 Å². The average Bonchev–Trinajstić information content (AvgIpc) is 2.79. The molecular weight excluding hydrogens is 247 g/mol. The normalized spacial score (nSPS) is 21.9. The molecule has 19 heavy (non-hydrogen) atoms. The monoisotopic (exact) mass is 260 g/mol. The molecule has 1 atom stereocenters. The molecule has 0 aliphatic carbocycles. The van der Waals surface area contributed by atoms with Crippen molar-refractivity contribution in [2.75, 3.05) is 31.1 Å². The molecule has 0 spiro atoms. The van der Waals surface area contributed by atoms with E-state index in [1.165, 1.54) is 12.1 Å². The number of hydrogen-bond acceptors (Lipinski definition) is 3. The number of fused-ring (bicyclic) bond motifs is 1. The number of nitriles is 1. The molecule has 1 unspecified atom stereocenters. The molecule has 2 saturated heterocycles. The Kier molecular flexibility index (Phi) is 2.75. The van der Waals surface area contributed by atoms with Gasteiger partial charge in [-0.2, -0.15) is 5.26 Å². The molecule has 6 heteroatoms. The maximum absolute atomic E-state index is 13.1. The smallest absolute Gasteiger partial charge is 0.317 e. The first-order chi connectivity index (χ1) is 9.19. The minimum absolute atomic E-state index is 0.0238. The van der Waals surface area contributed by atoms with E-state index in [0.29, 0.717) is 31.7 Å². The van der Waals surface area contributed by atoms with Gasteiger partial charge >= 0.3 is 6.03 Å². The second-order valence-electron chi connectivity index (χ2n) is 4.75. The van der Waals surface area contributed by atoms with Gasteiger partial charge in [0.25, 0.3) is 0 Å². The zero-order valence-corrected chi connectivity index (χ0v) is 10.3. The van der Waals surface area contributed by atoms with Crippen LogP contribution in [0, 0.1) is 17.1 Å². The van der Waals surface area contributed by atoms with Crippen molar-refractivity contribution in [2.45, 2.75) is 6.04 Å². The molecule has 98 valence electrons. The highest BCUT2D eigenvalue weighted by molar-refractivity contribution is 5.77. The summed E-state index contributed by atoms with van der Waals surface area (Å²) in [5.74, 6) is -0.406. The van der Waals surface area contributed by atoms with E-state index in [4.69, 9.17) is 5.26 Å². The number of amides is 2. The maximum atomic E-state index is 13.1. The summed E-state index contributed by atoms with van der Waals surface area (Å²) in [4.78, 5) is 15.4. The molecule has 0 saturated carbocycles. The summed E-state index contributed by atoms with van der Waals surface area (Å²) in [5, 5.41) is 11.9. The fourth-order valence-corrected chi connectivity index (χ4v) is 2.70. The zero-order valence-electron chi connectivity index (χ0n) is 10.3. The van der Waals surface area contributed by atoms with Crippen LogP contribution in [0.1, 0.15) is 5.56 Å². The molecule has 3 rings (SSSR count). The lowest BCUT2D eigenvalue weighted by molar-refractivity contribution is 0.197. The molecule has 0 aromatic heterocycles. The van der Waals surface area contributed by atoms with Gasteiger partial charge in [0.2, 0.25) is 0 Å². The second kappa shape index (κ2) is 4.43. The lowest BCUT2D eigenvalue weighted by Crippen LogP contribution is -2.52. The lowest BCUT2D eigenvalue weighted by Gasteiger charge is -2.38. The minimum atomic E-state index is -0.406. The van der Waals surface area contributed by atoms with Crippen LogP contribution in [0.4, 0.5) is 14.9 Å². The van der Waals surface area contributed by atoms with Crippen LogP contribution in [0.2, 0.25) is 0 Å². The van der Waals surface area contributed by atoms with Crippen molar-refractivity contribution in [3.63, 3.8) is 0 Å². The Morgan fingerprint density at radius 1 is 1.42 bits per heavy atom. The highest BCUT2D eigenvalue weighted by atomic mass is 19.1. The molecule has 1 aromatic carbocycles. The summed E-state index contributed by atoms with van der Waals surface area (Å²) in [5.41, 5.74) is 1.08. The number of nitrogens with one attached hydrogen (secondary N) is 1. The third-order valence-electron chi connectivity index (χ3n) is 3.65. The molecule has 2 aliphatic heterocycles. The Hall–Kier alpha value is -2.29. The number of rotatable bonds is 1. The minimum Gasteiger partial charge on any atom is -0.367 e.